The smallest absolute Gasteiger partial charge is 0.276 e. The molecule has 0 bridgehead atoms. The monoisotopic (exact) mass is 299 g/mol. The van der Waals surface area contributed by atoms with Gasteiger partial charge in [-0.1, -0.05) is 0 Å². The molecule has 1 aromatic carbocycles. The summed E-state index contributed by atoms with van der Waals surface area (Å²) < 4.78 is 11.4. The molecule has 1 aliphatic carbocycles. The maximum Gasteiger partial charge on any atom is 0.276 e. The van der Waals surface area contributed by atoms with Crippen LogP contribution in [0.5, 0.6) is 5.75 Å². The molecule has 1 aliphatic rings. The lowest BCUT2D eigenvalue weighted by Gasteiger charge is -2.40. The summed E-state index contributed by atoms with van der Waals surface area (Å²) in [6, 6.07) is 3.25. The van der Waals surface area contributed by atoms with E-state index in [1.165, 1.54) is 6.07 Å². The molecule has 0 aliphatic heterocycles. The molecule has 0 heterocycles. The first-order chi connectivity index (χ1) is 9.43. The van der Waals surface area contributed by atoms with Crippen molar-refractivity contribution in [1.29, 1.82) is 0 Å². The highest BCUT2D eigenvalue weighted by Gasteiger charge is 2.42. The molecule has 1 aromatic rings. The Hall–Kier alpha value is -1.33. The number of aryl methyl sites for hydroxylation is 2. The van der Waals surface area contributed by atoms with E-state index in [0.29, 0.717) is 24.3 Å². The third-order valence-corrected chi connectivity index (χ3v) is 3.93. The highest BCUT2D eigenvalue weighted by atomic mass is 35.5. The van der Waals surface area contributed by atoms with Crippen LogP contribution < -0.4 is 4.74 Å². The van der Waals surface area contributed by atoms with E-state index >= 15 is 0 Å². The minimum atomic E-state index is -0.396. The van der Waals surface area contributed by atoms with Crippen LogP contribution >= 0.6 is 11.6 Å². The highest BCUT2D eigenvalue weighted by Crippen LogP contribution is 2.36. The molecule has 2 rings (SSSR count). The van der Waals surface area contributed by atoms with Gasteiger partial charge in [0.2, 0.25) is 0 Å². The van der Waals surface area contributed by atoms with E-state index < -0.39 is 4.92 Å². The topological polar surface area (TPSA) is 61.6 Å². The number of halogens is 1. The number of nitrogens with zero attached hydrogens (tertiary/aromatic N) is 1. The maximum atomic E-state index is 11.0. The van der Waals surface area contributed by atoms with Crippen molar-refractivity contribution in [2.45, 2.75) is 44.8 Å². The third-order valence-electron chi connectivity index (χ3n) is 3.51. The molecule has 6 heteroatoms. The van der Waals surface area contributed by atoms with Gasteiger partial charge < -0.3 is 9.47 Å². The van der Waals surface area contributed by atoms with Crippen molar-refractivity contribution in [1.82, 2.24) is 0 Å². The number of benzene rings is 1. The molecule has 3 atom stereocenters. The predicted octanol–water partition coefficient (Wildman–Crippen LogP) is 3.38. The maximum absolute atomic E-state index is 11.0. The summed E-state index contributed by atoms with van der Waals surface area (Å²) in [6.45, 7) is 6.07. The number of ether oxygens (including phenoxy) is 2. The fraction of sp³-hybridized carbons (Fsp3) is 0.571. The van der Waals surface area contributed by atoms with Crippen LogP contribution in [0.15, 0.2) is 12.1 Å². The summed E-state index contributed by atoms with van der Waals surface area (Å²) in [4.78, 5) is 10.6. The van der Waals surface area contributed by atoms with Crippen LogP contribution in [0.2, 0.25) is 0 Å². The van der Waals surface area contributed by atoms with Crippen LogP contribution in [0, 0.1) is 24.0 Å². The number of nitro benzene ring substituents is 1. The van der Waals surface area contributed by atoms with Gasteiger partial charge in [0.1, 0.15) is 18.0 Å². The highest BCUT2D eigenvalue weighted by molar-refractivity contribution is 6.21. The molecule has 0 amide bonds. The van der Waals surface area contributed by atoms with E-state index in [9.17, 15) is 10.1 Å². The first-order valence-electron chi connectivity index (χ1n) is 6.62. The van der Waals surface area contributed by atoms with E-state index in [2.05, 4.69) is 0 Å². The summed E-state index contributed by atoms with van der Waals surface area (Å²) in [6.07, 6.45) is 0.396. The zero-order valence-electron chi connectivity index (χ0n) is 11.8. The second-order valence-corrected chi connectivity index (χ2v) is 5.55. The van der Waals surface area contributed by atoms with Crippen molar-refractivity contribution in [2.24, 2.45) is 0 Å². The van der Waals surface area contributed by atoms with Gasteiger partial charge in [0, 0.05) is 18.6 Å². The molecule has 0 N–H and O–H groups in total. The molecule has 5 nitrogen and oxygen atoms in total. The summed E-state index contributed by atoms with van der Waals surface area (Å²) in [7, 11) is 0. The second kappa shape index (κ2) is 5.97. The lowest BCUT2D eigenvalue weighted by atomic mass is 9.90. The van der Waals surface area contributed by atoms with Gasteiger partial charge in [-0.15, -0.1) is 11.6 Å². The van der Waals surface area contributed by atoms with E-state index in [4.69, 9.17) is 21.1 Å². The van der Waals surface area contributed by atoms with Crippen LogP contribution in [0.1, 0.15) is 24.5 Å². The van der Waals surface area contributed by atoms with Gasteiger partial charge in [0.15, 0.2) is 0 Å². The molecule has 3 unspecified atom stereocenters. The second-order valence-electron chi connectivity index (χ2n) is 4.99. The van der Waals surface area contributed by atoms with Gasteiger partial charge in [0.05, 0.1) is 16.4 Å². The number of hydrogen-bond donors (Lipinski definition) is 0. The lowest BCUT2D eigenvalue weighted by Crippen LogP contribution is -2.52. The number of hydrogen-bond acceptors (Lipinski definition) is 4. The van der Waals surface area contributed by atoms with Crippen molar-refractivity contribution in [3.8, 4) is 5.75 Å². The van der Waals surface area contributed by atoms with Crippen LogP contribution in [-0.4, -0.2) is 29.1 Å². The van der Waals surface area contributed by atoms with Crippen molar-refractivity contribution in [3.05, 3.63) is 33.4 Å². The lowest BCUT2D eigenvalue weighted by molar-refractivity contribution is -0.385. The van der Waals surface area contributed by atoms with Gasteiger partial charge in [-0.25, -0.2) is 0 Å². The van der Waals surface area contributed by atoms with E-state index in [-0.39, 0.29) is 23.3 Å². The summed E-state index contributed by atoms with van der Waals surface area (Å²) in [5, 5.41) is 10.9. The Bertz CT molecular complexity index is 520. The molecule has 1 fully saturated rings. The minimum absolute atomic E-state index is 0.0549. The molecule has 0 radical (unpaired) electrons. The van der Waals surface area contributed by atoms with Crippen LogP contribution in [0.25, 0.3) is 0 Å². The van der Waals surface area contributed by atoms with Crippen LogP contribution in [0.4, 0.5) is 5.69 Å². The normalized spacial score (nSPS) is 25.1. The van der Waals surface area contributed by atoms with Gasteiger partial charge >= 0.3 is 0 Å². The first kappa shape index (κ1) is 15.1. The average Bonchev–Trinajstić information content (AvgIpc) is 2.37. The van der Waals surface area contributed by atoms with Gasteiger partial charge in [0.25, 0.3) is 5.69 Å². The van der Waals surface area contributed by atoms with Crippen LogP contribution in [0.3, 0.4) is 0 Å². The minimum Gasteiger partial charge on any atom is -0.487 e. The first-order valence-corrected chi connectivity index (χ1v) is 7.05. The Balaban J connectivity index is 2.17. The Morgan fingerprint density at radius 3 is 2.65 bits per heavy atom. The summed E-state index contributed by atoms with van der Waals surface area (Å²) >= 11 is 6.09. The van der Waals surface area contributed by atoms with Gasteiger partial charge in [-0.05, 0) is 32.4 Å². The molecular formula is C14H18ClNO4. The Morgan fingerprint density at radius 2 is 2.10 bits per heavy atom. The molecule has 0 saturated heterocycles. The van der Waals surface area contributed by atoms with Crippen molar-refractivity contribution in [3.63, 3.8) is 0 Å². The average molecular weight is 300 g/mol. The van der Waals surface area contributed by atoms with E-state index in [1.54, 1.807) is 13.0 Å². The third kappa shape index (κ3) is 2.88. The van der Waals surface area contributed by atoms with Crippen molar-refractivity contribution >= 4 is 17.3 Å². The largest absolute Gasteiger partial charge is 0.487 e. The Labute approximate surface area is 123 Å². The molecule has 0 aromatic heterocycles. The number of alkyl halides is 1. The summed E-state index contributed by atoms with van der Waals surface area (Å²) in [5.74, 6) is 0.528. The number of rotatable bonds is 5. The quantitative estimate of drug-likeness (QED) is 0.475. The van der Waals surface area contributed by atoms with Gasteiger partial charge in [-0.3, -0.25) is 10.1 Å². The van der Waals surface area contributed by atoms with E-state index in [0.717, 1.165) is 5.56 Å². The fourth-order valence-electron chi connectivity index (χ4n) is 2.36. The molecular weight excluding hydrogens is 282 g/mol. The Kier molecular flexibility index (Phi) is 4.50. The molecule has 0 spiro atoms. The number of nitro groups is 1. The molecule has 1 saturated carbocycles. The van der Waals surface area contributed by atoms with E-state index in [1.807, 2.05) is 13.8 Å². The molecule has 110 valence electrons. The van der Waals surface area contributed by atoms with Gasteiger partial charge in [-0.2, -0.15) is 0 Å². The van der Waals surface area contributed by atoms with Crippen molar-refractivity contribution in [2.75, 3.05) is 6.61 Å². The zero-order valence-corrected chi connectivity index (χ0v) is 12.5. The fourth-order valence-corrected chi connectivity index (χ4v) is 2.77. The zero-order chi connectivity index (χ0) is 14.9. The standard InChI is InChI=1S/C14H18ClNO4/c1-4-19-14-10(15)6-13(14)20-12-7-11(16(17)18)8(2)5-9(12)3/h5,7,10,13-14H,4,6H2,1-3H3. The summed E-state index contributed by atoms with van der Waals surface area (Å²) in [5.41, 5.74) is 1.58. The van der Waals surface area contributed by atoms with Crippen molar-refractivity contribution < 1.29 is 14.4 Å². The van der Waals surface area contributed by atoms with Crippen LogP contribution in [-0.2, 0) is 4.74 Å². The molecule has 20 heavy (non-hydrogen) atoms. The Morgan fingerprint density at radius 1 is 1.40 bits per heavy atom. The SMILES string of the molecule is CCOC1C(Cl)CC1Oc1cc([N+](=O)[O-])c(C)cc1C. The predicted molar refractivity (Wildman–Crippen MR) is 76.7 cm³/mol.